The topological polar surface area (TPSA) is 85.6 Å². The molecule has 0 aliphatic carbocycles. The van der Waals surface area contributed by atoms with Crippen LogP contribution in [-0.2, 0) is 19.5 Å². The maximum absolute atomic E-state index is 12.6. The molecule has 0 saturated carbocycles. The van der Waals surface area contributed by atoms with Crippen molar-refractivity contribution in [1.29, 1.82) is 0 Å². The molecule has 7 nitrogen and oxygen atoms in total. The van der Waals surface area contributed by atoms with Gasteiger partial charge in [0.05, 0.1) is 22.5 Å². The van der Waals surface area contributed by atoms with Crippen molar-refractivity contribution in [3.05, 3.63) is 59.3 Å². The van der Waals surface area contributed by atoms with Crippen LogP contribution in [0.1, 0.15) is 28.4 Å². The molecule has 0 atom stereocenters. The van der Waals surface area contributed by atoms with E-state index in [0.717, 1.165) is 52.5 Å². The number of rotatable bonds is 4. The number of fused-ring (bicyclic) bond motifs is 2. The van der Waals surface area contributed by atoms with Gasteiger partial charge >= 0.3 is 0 Å². The Morgan fingerprint density at radius 1 is 1.22 bits per heavy atom. The molecule has 5 rings (SSSR count). The first-order valence-electron chi connectivity index (χ1n) is 8.77. The lowest BCUT2D eigenvalue weighted by Crippen LogP contribution is -2.24. The zero-order valence-electron chi connectivity index (χ0n) is 14.4. The highest BCUT2D eigenvalue weighted by atomic mass is 32.1. The van der Waals surface area contributed by atoms with E-state index in [1.807, 2.05) is 29.6 Å². The van der Waals surface area contributed by atoms with Crippen LogP contribution in [0.3, 0.4) is 0 Å². The van der Waals surface area contributed by atoms with Crippen molar-refractivity contribution < 1.29 is 4.79 Å². The van der Waals surface area contributed by atoms with Gasteiger partial charge in [-0.2, -0.15) is 0 Å². The highest BCUT2D eigenvalue weighted by molar-refractivity contribution is 7.17. The summed E-state index contributed by atoms with van der Waals surface area (Å²) in [4.78, 5) is 21.3. The summed E-state index contributed by atoms with van der Waals surface area (Å²) in [5.41, 5.74) is 3.26. The summed E-state index contributed by atoms with van der Waals surface area (Å²) >= 11 is 1.60. The van der Waals surface area contributed by atoms with Crippen molar-refractivity contribution in [2.24, 2.45) is 0 Å². The third-order valence-corrected chi connectivity index (χ3v) is 5.64. The van der Waals surface area contributed by atoms with Gasteiger partial charge in [0.2, 0.25) is 0 Å². The van der Waals surface area contributed by atoms with Crippen LogP contribution >= 0.6 is 11.3 Å². The van der Waals surface area contributed by atoms with Crippen LogP contribution in [0.5, 0.6) is 0 Å². The Morgan fingerprint density at radius 2 is 2.19 bits per heavy atom. The van der Waals surface area contributed by atoms with E-state index >= 15 is 0 Å². The van der Waals surface area contributed by atoms with E-state index in [9.17, 15) is 4.79 Å². The fraction of sp³-hybridized carbons (Fsp3) is 0.211. The Hall–Kier alpha value is -3.13. The van der Waals surface area contributed by atoms with Gasteiger partial charge in [-0.1, -0.05) is 12.1 Å². The standard InChI is InChI=1S/C19H16N6OS/c26-19(20-10-16-24-23-15-5-2-7-25(15)16)13-4-1-3-12(9-13)17-18-14(6-8-27-18)21-11-22-17/h1,3-4,6,8-9,11H,2,5,7,10H2,(H,20,26). The second-order valence-electron chi connectivity index (χ2n) is 6.41. The average Bonchev–Trinajstić information content (AvgIpc) is 3.43. The number of amides is 1. The van der Waals surface area contributed by atoms with Crippen LogP contribution < -0.4 is 5.32 Å². The Labute approximate surface area is 159 Å². The molecule has 1 amide bonds. The SMILES string of the molecule is O=C(NCc1nnc2n1CCC2)c1cccc(-c2ncnc3ccsc23)c1. The van der Waals surface area contributed by atoms with Crippen LogP contribution in [0, 0.1) is 0 Å². The number of benzene rings is 1. The first-order chi connectivity index (χ1) is 13.3. The number of thiophene rings is 1. The quantitative estimate of drug-likeness (QED) is 0.592. The number of aromatic nitrogens is 5. The lowest BCUT2D eigenvalue weighted by molar-refractivity contribution is 0.0949. The fourth-order valence-corrected chi connectivity index (χ4v) is 4.26. The van der Waals surface area contributed by atoms with Crippen molar-refractivity contribution in [2.75, 3.05) is 0 Å². The minimum absolute atomic E-state index is 0.135. The van der Waals surface area contributed by atoms with E-state index in [2.05, 4.69) is 30.0 Å². The van der Waals surface area contributed by atoms with Crippen LogP contribution in [0.2, 0.25) is 0 Å². The lowest BCUT2D eigenvalue weighted by atomic mass is 10.1. The molecule has 1 aromatic carbocycles. The van der Waals surface area contributed by atoms with Crippen LogP contribution in [0.25, 0.3) is 21.5 Å². The summed E-state index contributed by atoms with van der Waals surface area (Å²) < 4.78 is 3.11. The number of nitrogens with one attached hydrogen (secondary N) is 1. The lowest BCUT2D eigenvalue weighted by Gasteiger charge is -2.08. The summed E-state index contributed by atoms with van der Waals surface area (Å²) in [6.07, 6.45) is 3.60. The molecule has 8 heteroatoms. The van der Waals surface area contributed by atoms with E-state index in [1.54, 1.807) is 23.7 Å². The molecule has 0 spiro atoms. The molecule has 4 aromatic rings. The number of nitrogens with zero attached hydrogens (tertiary/aromatic N) is 5. The van der Waals surface area contributed by atoms with Gasteiger partial charge in [-0.15, -0.1) is 21.5 Å². The Kier molecular flexibility index (Phi) is 3.90. The van der Waals surface area contributed by atoms with Gasteiger partial charge in [0.15, 0.2) is 5.82 Å². The number of hydrogen-bond acceptors (Lipinski definition) is 6. The smallest absolute Gasteiger partial charge is 0.251 e. The van der Waals surface area contributed by atoms with E-state index in [-0.39, 0.29) is 5.91 Å². The summed E-state index contributed by atoms with van der Waals surface area (Å²) in [6.45, 7) is 1.30. The van der Waals surface area contributed by atoms with Crippen LogP contribution in [0.15, 0.2) is 42.0 Å². The minimum atomic E-state index is -0.135. The summed E-state index contributed by atoms with van der Waals surface area (Å²) in [6, 6.07) is 9.48. The largest absolute Gasteiger partial charge is 0.345 e. The molecular formula is C19H16N6OS. The summed E-state index contributed by atoms with van der Waals surface area (Å²) in [7, 11) is 0. The normalized spacial score (nSPS) is 13.0. The van der Waals surface area contributed by atoms with Gasteiger partial charge in [0, 0.05) is 24.1 Å². The zero-order chi connectivity index (χ0) is 18.2. The molecule has 0 radical (unpaired) electrons. The predicted octanol–water partition coefficient (Wildman–Crippen LogP) is 2.83. The number of aryl methyl sites for hydroxylation is 1. The molecule has 3 aromatic heterocycles. The molecule has 27 heavy (non-hydrogen) atoms. The third kappa shape index (κ3) is 2.87. The molecule has 4 heterocycles. The maximum atomic E-state index is 12.6. The minimum Gasteiger partial charge on any atom is -0.345 e. The molecule has 1 aliphatic rings. The van der Waals surface area contributed by atoms with Gasteiger partial charge in [-0.3, -0.25) is 4.79 Å². The Balaban J connectivity index is 1.38. The number of carbonyl (C=O) groups excluding carboxylic acids is 1. The third-order valence-electron chi connectivity index (χ3n) is 4.73. The first-order valence-corrected chi connectivity index (χ1v) is 9.65. The molecule has 0 fully saturated rings. The summed E-state index contributed by atoms with van der Waals surface area (Å²) in [5.74, 6) is 1.68. The second-order valence-corrected chi connectivity index (χ2v) is 7.32. The average molecular weight is 376 g/mol. The molecular weight excluding hydrogens is 360 g/mol. The zero-order valence-corrected chi connectivity index (χ0v) is 15.2. The molecule has 0 bridgehead atoms. The molecule has 134 valence electrons. The maximum Gasteiger partial charge on any atom is 0.251 e. The van der Waals surface area contributed by atoms with Crippen LogP contribution in [0.4, 0.5) is 0 Å². The van der Waals surface area contributed by atoms with Crippen molar-refractivity contribution in [1.82, 2.24) is 30.0 Å². The molecule has 1 N–H and O–H groups in total. The van der Waals surface area contributed by atoms with E-state index < -0.39 is 0 Å². The second kappa shape index (κ2) is 6.55. The van der Waals surface area contributed by atoms with E-state index in [0.29, 0.717) is 12.1 Å². The van der Waals surface area contributed by atoms with Crippen molar-refractivity contribution >= 4 is 27.5 Å². The van der Waals surface area contributed by atoms with Gasteiger partial charge in [-0.25, -0.2) is 9.97 Å². The molecule has 0 saturated heterocycles. The monoisotopic (exact) mass is 376 g/mol. The Morgan fingerprint density at radius 3 is 3.15 bits per heavy atom. The fourth-order valence-electron chi connectivity index (χ4n) is 3.41. The molecule has 1 aliphatic heterocycles. The van der Waals surface area contributed by atoms with Gasteiger partial charge in [-0.05, 0) is 30.0 Å². The van der Waals surface area contributed by atoms with E-state index in [1.165, 1.54) is 0 Å². The van der Waals surface area contributed by atoms with Crippen molar-refractivity contribution in [3.8, 4) is 11.3 Å². The molecule has 0 unspecified atom stereocenters. The highest BCUT2D eigenvalue weighted by Crippen LogP contribution is 2.29. The van der Waals surface area contributed by atoms with Gasteiger partial charge in [0.25, 0.3) is 5.91 Å². The number of hydrogen-bond donors (Lipinski definition) is 1. The van der Waals surface area contributed by atoms with Crippen molar-refractivity contribution in [2.45, 2.75) is 25.9 Å². The Bertz CT molecular complexity index is 1150. The predicted molar refractivity (Wildman–Crippen MR) is 102 cm³/mol. The highest BCUT2D eigenvalue weighted by Gasteiger charge is 2.18. The van der Waals surface area contributed by atoms with E-state index in [4.69, 9.17) is 0 Å². The van der Waals surface area contributed by atoms with Gasteiger partial charge in [0.1, 0.15) is 12.2 Å². The van der Waals surface area contributed by atoms with Gasteiger partial charge < -0.3 is 9.88 Å². The van der Waals surface area contributed by atoms with Crippen molar-refractivity contribution in [3.63, 3.8) is 0 Å². The first kappa shape index (κ1) is 16.1. The summed E-state index contributed by atoms with van der Waals surface area (Å²) in [5, 5.41) is 13.3. The van der Waals surface area contributed by atoms with Crippen LogP contribution in [-0.4, -0.2) is 30.6 Å². The number of carbonyl (C=O) groups is 1.